The van der Waals surface area contributed by atoms with E-state index in [0.29, 0.717) is 17.4 Å². The monoisotopic (exact) mass is 275 g/mol. The van der Waals surface area contributed by atoms with Gasteiger partial charge in [-0.15, -0.1) is 0 Å². The molecule has 0 heterocycles. The first-order valence-corrected chi connectivity index (χ1v) is 6.77. The fourth-order valence-corrected chi connectivity index (χ4v) is 2.36. The summed E-state index contributed by atoms with van der Waals surface area (Å²) in [5.41, 5.74) is 7.36. The van der Waals surface area contributed by atoms with E-state index in [9.17, 15) is 0 Å². The number of benzene rings is 1. The second-order valence-electron chi connectivity index (χ2n) is 4.88. The summed E-state index contributed by atoms with van der Waals surface area (Å²) in [5, 5.41) is 15.4. The van der Waals surface area contributed by atoms with Gasteiger partial charge in [0.05, 0.1) is 12.7 Å². The van der Waals surface area contributed by atoms with Crippen LogP contribution < -0.4 is 15.8 Å². The van der Waals surface area contributed by atoms with E-state index in [2.05, 4.69) is 22.6 Å². The quantitative estimate of drug-likeness (QED) is 0.252. The molecule has 5 heteroatoms. The lowest BCUT2D eigenvalue weighted by Gasteiger charge is -2.19. The number of hydrogen-bond acceptors (Lipinski definition) is 4. The van der Waals surface area contributed by atoms with Gasteiger partial charge in [-0.1, -0.05) is 23.4 Å². The van der Waals surface area contributed by atoms with Crippen LogP contribution in [0, 0.1) is 0 Å². The first-order valence-electron chi connectivity index (χ1n) is 6.77. The summed E-state index contributed by atoms with van der Waals surface area (Å²) in [6.45, 7) is 0.758. The highest BCUT2D eigenvalue weighted by Crippen LogP contribution is 2.20. The average Bonchev–Trinajstić information content (AvgIpc) is 2.52. The first-order chi connectivity index (χ1) is 9.74. The van der Waals surface area contributed by atoms with Crippen LogP contribution in [0.1, 0.15) is 30.4 Å². The van der Waals surface area contributed by atoms with Crippen molar-refractivity contribution in [3.8, 4) is 5.75 Å². The van der Waals surface area contributed by atoms with Crippen molar-refractivity contribution in [2.45, 2.75) is 31.8 Å². The predicted octanol–water partition coefficient (Wildman–Crippen LogP) is 1.99. The third-order valence-corrected chi connectivity index (χ3v) is 3.51. The Morgan fingerprint density at radius 1 is 1.50 bits per heavy atom. The highest BCUT2D eigenvalue weighted by Gasteiger charge is 2.11. The van der Waals surface area contributed by atoms with Crippen LogP contribution in [0.2, 0.25) is 0 Å². The van der Waals surface area contributed by atoms with Gasteiger partial charge in [-0.05, 0) is 37.0 Å². The topological polar surface area (TPSA) is 79.9 Å². The normalized spacial score (nSPS) is 19.1. The number of oxime groups is 1. The molecule has 0 aromatic heterocycles. The van der Waals surface area contributed by atoms with Crippen LogP contribution >= 0.6 is 0 Å². The number of amidine groups is 1. The molecule has 20 heavy (non-hydrogen) atoms. The Labute approximate surface area is 119 Å². The Morgan fingerprint density at radius 2 is 2.35 bits per heavy atom. The van der Waals surface area contributed by atoms with Crippen LogP contribution in [-0.2, 0) is 6.54 Å². The van der Waals surface area contributed by atoms with Crippen LogP contribution in [-0.4, -0.2) is 24.2 Å². The standard InChI is InChI=1S/C15H21N3O2/c1-20-14-8-7-11(9-13(14)15(16)18-19)10-17-12-5-3-2-4-6-12/h2-3,7-9,12,17,19H,4-6,10H2,1H3,(H2,16,18). The summed E-state index contributed by atoms with van der Waals surface area (Å²) in [7, 11) is 1.57. The molecular formula is C15H21N3O2. The van der Waals surface area contributed by atoms with Crippen molar-refractivity contribution in [1.82, 2.24) is 5.32 Å². The van der Waals surface area contributed by atoms with Gasteiger partial charge < -0.3 is 21.0 Å². The van der Waals surface area contributed by atoms with E-state index in [4.69, 9.17) is 15.7 Å². The van der Waals surface area contributed by atoms with Gasteiger partial charge in [0.1, 0.15) is 5.75 Å². The number of methoxy groups -OCH3 is 1. The van der Waals surface area contributed by atoms with E-state index in [1.807, 2.05) is 18.2 Å². The molecule has 1 aromatic rings. The molecule has 0 spiro atoms. The van der Waals surface area contributed by atoms with Gasteiger partial charge in [-0.25, -0.2) is 0 Å². The summed E-state index contributed by atoms with van der Waals surface area (Å²) in [4.78, 5) is 0. The summed E-state index contributed by atoms with van der Waals surface area (Å²) in [6.07, 6.45) is 7.82. The van der Waals surface area contributed by atoms with Crippen molar-refractivity contribution in [3.05, 3.63) is 41.5 Å². The Balaban J connectivity index is 2.06. The highest BCUT2D eigenvalue weighted by atomic mass is 16.5. The van der Waals surface area contributed by atoms with Crippen molar-refractivity contribution >= 4 is 5.84 Å². The van der Waals surface area contributed by atoms with E-state index < -0.39 is 0 Å². The summed E-state index contributed by atoms with van der Waals surface area (Å²) in [6, 6.07) is 6.23. The maximum atomic E-state index is 8.82. The lowest BCUT2D eigenvalue weighted by atomic mass is 10.0. The van der Waals surface area contributed by atoms with E-state index >= 15 is 0 Å². The van der Waals surface area contributed by atoms with Crippen molar-refractivity contribution in [3.63, 3.8) is 0 Å². The Kier molecular flexibility index (Phi) is 5.01. The Morgan fingerprint density at radius 3 is 3.00 bits per heavy atom. The van der Waals surface area contributed by atoms with Crippen LogP contribution in [0.25, 0.3) is 0 Å². The fraction of sp³-hybridized carbons (Fsp3) is 0.400. The highest BCUT2D eigenvalue weighted by molar-refractivity contribution is 5.99. The first kappa shape index (κ1) is 14.4. The number of nitrogens with zero attached hydrogens (tertiary/aromatic N) is 1. The number of nitrogens with two attached hydrogens (primary N) is 1. The third kappa shape index (κ3) is 3.51. The molecule has 108 valence electrons. The zero-order chi connectivity index (χ0) is 14.4. The molecule has 0 aliphatic heterocycles. The molecular weight excluding hydrogens is 254 g/mol. The molecule has 0 radical (unpaired) electrons. The Hall–Kier alpha value is -2.01. The molecule has 0 fully saturated rings. The molecule has 1 unspecified atom stereocenters. The lowest BCUT2D eigenvalue weighted by Crippen LogP contribution is -2.29. The number of ether oxygens (including phenoxy) is 1. The number of rotatable bonds is 5. The summed E-state index contributed by atoms with van der Waals surface area (Å²) >= 11 is 0. The molecule has 0 saturated heterocycles. The summed E-state index contributed by atoms with van der Waals surface area (Å²) in [5.74, 6) is 0.661. The maximum Gasteiger partial charge on any atom is 0.173 e. The van der Waals surface area contributed by atoms with Crippen LogP contribution in [0.15, 0.2) is 35.5 Å². The SMILES string of the molecule is COc1ccc(CNC2CC=CCC2)cc1C(N)=NO. The van der Waals surface area contributed by atoms with Gasteiger partial charge in [0.25, 0.3) is 0 Å². The molecule has 0 bridgehead atoms. The van der Waals surface area contributed by atoms with E-state index in [0.717, 1.165) is 24.9 Å². The fourth-order valence-electron chi connectivity index (χ4n) is 2.36. The molecule has 0 saturated carbocycles. The molecule has 0 amide bonds. The Bertz CT molecular complexity index is 512. The van der Waals surface area contributed by atoms with Gasteiger partial charge in [-0.2, -0.15) is 0 Å². The predicted molar refractivity (Wildman–Crippen MR) is 79.1 cm³/mol. The number of hydrogen-bond donors (Lipinski definition) is 3. The molecule has 1 aliphatic carbocycles. The van der Waals surface area contributed by atoms with Crippen LogP contribution in [0.5, 0.6) is 5.75 Å². The third-order valence-electron chi connectivity index (χ3n) is 3.51. The smallest absolute Gasteiger partial charge is 0.173 e. The summed E-state index contributed by atoms with van der Waals surface area (Å²) < 4.78 is 5.22. The largest absolute Gasteiger partial charge is 0.496 e. The minimum absolute atomic E-state index is 0.0595. The molecule has 5 nitrogen and oxygen atoms in total. The second-order valence-corrected chi connectivity index (χ2v) is 4.88. The van der Waals surface area contributed by atoms with Crippen LogP contribution in [0.4, 0.5) is 0 Å². The lowest BCUT2D eigenvalue weighted by molar-refractivity contribution is 0.318. The average molecular weight is 275 g/mol. The second kappa shape index (κ2) is 6.96. The van der Waals surface area contributed by atoms with Gasteiger partial charge in [-0.3, -0.25) is 0 Å². The minimum atomic E-state index is 0.0595. The molecule has 1 atom stereocenters. The zero-order valence-electron chi connectivity index (χ0n) is 11.7. The number of allylic oxidation sites excluding steroid dienone is 1. The number of nitrogens with one attached hydrogen (secondary N) is 1. The molecule has 4 N–H and O–H groups in total. The zero-order valence-corrected chi connectivity index (χ0v) is 11.7. The maximum absolute atomic E-state index is 8.82. The van der Waals surface area contributed by atoms with Crippen molar-refractivity contribution in [2.75, 3.05) is 7.11 Å². The van der Waals surface area contributed by atoms with Gasteiger partial charge in [0.2, 0.25) is 0 Å². The van der Waals surface area contributed by atoms with Crippen LogP contribution in [0.3, 0.4) is 0 Å². The van der Waals surface area contributed by atoms with Gasteiger partial charge >= 0.3 is 0 Å². The molecule has 2 rings (SSSR count). The van der Waals surface area contributed by atoms with Gasteiger partial charge in [0, 0.05) is 12.6 Å². The molecule has 1 aliphatic rings. The van der Waals surface area contributed by atoms with Gasteiger partial charge in [0.15, 0.2) is 5.84 Å². The van der Waals surface area contributed by atoms with E-state index in [1.54, 1.807) is 7.11 Å². The van der Waals surface area contributed by atoms with Crippen molar-refractivity contribution in [1.29, 1.82) is 0 Å². The van der Waals surface area contributed by atoms with Crippen molar-refractivity contribution < 1.29 is 9.94 Å². The van der Waals surface area contributed by atoms with E-state index in [1.165, 1.54) is 6.42 Å². The van der Waals surface area contributed by atoms with E-state index in [-0.39, 0.29) is 5.84 Å². The molecule has 1 aromatic carbocycles. The van der Waals surface area contributed by atoms with Crippen molar-refractivity contribution in [2.24, 2.45) is 10.9 Å². The minimum Gasteiger partial charge on any atom is -0.496 e.